The third-order valence-corrected chi connectivity index (χ3v) is 6.44. The Labute approximate surface area is 217 Å². The average Bonchev–Trinajstić information content (AvgIpc) is 3.02. The number of hydrogen-bond donors (Lipinski definition) is 1. The summed E-state index contributed by atoms with van der Waals surface area (Å²) in [6.07, 6.45) is 1.43. The molecular weight excluding hydrogens is 571 g/mol. The van der Waals surface area contributed by atoms with Gasteiger partial charge >= 0.3 is 5.97 Å². The quantitative estimate of drug-likeness (QED) is 0.327. The van der Waals surface area contributed by atoms with Crippen LogP contribution in [0, 0.1) is 0 Å². The van der Waals surface area contributed by atoms with Crippen molar-refractivity contribution in [1.29, 1.82) is 0 Å². The molecule has 3 rings (SSSR count). The first-order valence-electron chi connectivity index (χ1n) is 9.76. The second-order valence-electron chi connectivity index (χ2n) is 6.70. The minimum atomic E-state index is -0.618. The number of ether oxygens (including phenoxy) is 2. The van der Waals surface area contributed by atoms with Crippen molar-refractivity contribution in [3.63, 3.8) is 0 Å². The number of anilines is 1. The first kappa shape index (κ1) is 26.1. The molecule has 0 spiro atoms. The normalized spacial score (nSPS) is 14.5. The Balaban J connectivity index is 1.70. The lowest BCUT2D eigenvalue weighted by atomic mass is 10.2. The van der Waals surface area contributed by atoms with Crippen molar-refractivity contribution in [3.8, 4) is 5.75 Å². The molecule has 1 N–H and O–H groups in total. The number of nitrogens with zero attached hydrogens (tertiary/aromatic N) is 1. The molecule has 0 radical (unpaired) electrons. The highest BCUT2D eigenvalue weighted by Crippen LogP contribution is 2.37. The van der Waals surface area contributed by atoms with Gasteiger partial charge in [-0.3, -0.25) is 19.3 Å². The topological polar surface area (TPSA) is 102 Å². The van der Waals surface area contributed by atoms with E-state index in [9.17, 15) is 19.2 Å². The molecule has 0 aromatic heterocycles. The molecule has 2 aromatic carbocycles. The van der Waals surface area contributed by atoms with Crippen LogP contribution < -0.4 is 10.1 Å². The number of esters is 1. The molecule has 2 aromatic rings. The zero-order valence-electron chi connectivity index (χ0n) is 17.6. The average molecular weight is 588 g/mol. The third kappa shape index (κ3) is 6.53. The van der Waals surface area contributed by atoms with Gasteiger partial charge in [0.25, 0.3) is 11.1 Å². The van der Waals surface area contributed by atoms with Crippen molar-refractivity contribution in [2.24, 2.45) is 0 Å². The molecule has 0 saturated carbocycles. The largest absolute Gasteiger partial charge is 0.479 e. The second kappa shape index (κ2) is 11.7. The summed E-state index contributed by atoms with van der Waals surface area (Å²) in [4.78, 5) is 49.9. The number of rotatable bonds is 8. The number of carbonyl (C=O) groups excluding carboxylic acids is 4. The summed E-state index contributed by atoms with van der Waals surface area (Å²) in [5, 5.41) is 2.28. The number of para-hydroxylation sites is 1. The van der Waals surface area contributed by atoms with Gasteiger partial charge in [0, 0.05) is 4.47 Å². The van der Waals surface area contributed by atoms with E-state index in [1.165, 1.54) is 18.2 Å². The third-order valence-electron chi connectivity index (χ3n) is 4.28. The van der Waals surface area contributed by atoms with Crippen molar-refractivity contribution < 1.29 is 28.7 Å². The van der Waals surface area contributed by atoms with Gasteiger partial charge < -0.3 is 14.8 Å². The number of amides is 3. The minimum Gasteiger partial charge on any atom is -0.479 e. The van der Waals surface area contributed by atoms with E-state index >= 15 is 0 Å². The van der Waals surface area contributed by atoms with E-state index in [0.717, 1.165) is 4.90 Å². The minimum absolute atomic E-state index is 0.0883. The molecular formula is C22H17BrCl2N2O6S. The molecule has 1 aliphatic rings. The summed E-state index contributed by atoms with van der Waals surface area (Å²) >= 11 is 16.4. The Morgan fingerprint density at radius 2 is 1.85 bits per heavy atom. The smallest absolute Gasteiger partial charge is 0.344 e. The van der Waals surface area contributed by atoms with E-state index < -0.39 is 29.6 Å². The number of imide groups is 1. The Kier molecular flexibility index (Phi) is 9.01. The highest BCUT2D eigenvalue weighted by molar-refractivity contribution is 9.10. The predicted molar refractivity (Wildman–Crippen MR) is 134 cm³/mol. The van der Waals surface area contributed by atoms with Crippen molar-refractivity contribution in [2.45, 2.75) is 6.92 Å². The molecule has 1 heterocycles. The molecule has 1 fully saturated rings. The van der Waals surface area contributed by atoms with Gasteiger partial charge in [0.05, 0.1) is 27.2 Å². The summed E-state index contributed by atoms with van der Waals surface area (Å²) < 4.78 is 10.8. The van der Waals surface area contributed by atoms with Crippen molar-refractivity contribution in [1.82, 2.24) is 4.90 Å². The van der Waals surface area contributed by atoms with E-state index in [1.54, 1.807) is 31.2 Å². The SMILES string of the molecule is CCOC(=O)COc1c(Cl)cc(/C=C2\SC(=O)N(CC(=O)Nc3ccccc3Br)C2=O)cc1Cl. The Morgan fingerprint density at radius 1 is 1.18 bits per heavy atom. The zero-order chi connectivity index (χ0) is 24.8. The molecule has 0 atom stereocenters. The highest BCUT2D eigenvalue weighted by atomic mass is 79.9. The van der Waals surface area contributed by atoms with Gasteiger partial charge in [-0.2, -0.15) is 0 Å². The van der Waals surface area contributed by atoms with Gasteiger partial charge in [0.15, 0.2) is 12.4 Å². The lowest BCUT2D eigenvalue weighted by Crippen LogP contribution is -2.36. The van der Waals surface area contributed by atoms with Gasteiger partial charge in [0.1, 0.15) is 6.54 Å². The molecule has 0 unspecified atom stereocenters. The van der Waals surface area contributed by atoms with E-state index in [1.807, 2.05) is 0 Å². The van der Waals surface area contributed by atoms with E-state index in [0.29, 0.717) is 27.5 Å². The van der Waals surface area contributed by atoms with Gasteiger partial charge in [-0.25, -0.2) is 4.79 Å². The Bertz CT molecular complexity index is 1170. The van der Waals surface area contributed by atoms with Gasteiger partial charge in [-0.15, -0.1) is 0 Å². The molecule has 1 saturated heterocycles. The van der Waals surface area contributed by atoms with Crippen LogP contribution in [0.2, 0.25) is 10.0 Å². The molecule has 3 amide bonds. The molecule has 34 heavy (non-hydrogen) atoms. The maximum Gasteiger partial charge on any atom is 0.344 e. The first-order valence-corrected chi connectivity index (χ1v) is 12.1. The van der Waals surface area contributed by atoms with Crippen LogP contribution >= 0.6 is 50.9 Å². The summed E-state index contributed by atoms with van der Waals surface area (Å²) in [5.74, 6) is -1.63. The summed E-state index contributed by atoms with van der Waals surface area (Å²) in [6, 6.07) is 9.92. The zero-order valence-corrected chi connectivity index (χ0v) is 21.5. The molecule has 8 nitrogen and oxygen atoms in total. The number of carbonyl (C=O) groups is 4. The molecule has 0 aliphatic carbocycles. The number of halogens is 3. The lowest BCUT2D eigenvalue weighted by Gasteiger charge is -2.13. The van der Waals surface area contributed by atoms with E-state index in [4.69, 9.17) is 32.7 Å². The molecule has 0 bridgehead atoms. The fraction of sp³-hybridized carbons (Fsp3) is 0.182. The molecule has 12 heteroatoms. The van der Waals surface area contributed by atoms with Crippen molar-refractivity contribution in [2.75, 3.05) is 25.1 Å². The number of nitrogens with one attached hydrogen (secondary N) is 1. The van der Waals surface area contributed by atoms with E-state index in [2.05, 4.69) is 21.2 Å². The van der Waals surface area contributed by atoms with E-state index in [-0.39, 0.29) is 33.9 Å². The lowest BCUT2D eigenvalue weighted by molar-refractivity contribution is -0.145. The summed E-state index contributed by atoms with van der Waals surface area (Å²) in [6.45, 7) is 1.07. The number of hydrogen-bond acceptors (Lipinski definition) is 7. The van der Waals surface area contributed by atoms with Crippen LogP contribution in [0.25, 0.3) is 6.08 Å². The van der Waals surface area contributed by atoms with Crippen molar-refractivity contribution >= 4 is 85.7 Å². The maximum absolute atomic E-state index is 12.7. The van der Waals surface area contributed by atoms with Crippen LogP contribution in [0.15, 0.2) is 45.8 Å². The van der Waals surface area contributed by atoms with Crippen LogP contribution in [-0.4, -0.2) is 47.7 Å². The Hall–Kier alpha value is -2.53. The van der Waals surface area contributed by atoms with Crippen LogP contribution in [-0.2, 0) is 19.1 Å². The standard InChI is InChI=1S/C22H17BrCl2N2O6S/c1-2-32-19(29)11-33-20-14(24)7-12(8-15(20)25)9-17-21(30)27(22(31)34-17)10-18(28)26-16-6-4-3-5-13(16)23/h3-9H,2,10-11H2,1H3,(H,26,28)/b17-9-. The van der Waals surface area contributed by atoms with Gasteiger partial charge in [-0.1, -0.05) is 35.3 Å². The van der Waals surface area contributed by atoms with Crippen LogP contribution in [0.3, 0.4) is 0 Å². The van der Waals surface area contributed by atoms with Gasteiger partial charge in [0.2, 0.25) is 5.91 Å². The fourth-order valence-corrected chi connectivity index (χ4v) is 4.65. The van der Waals surface area contributed by atoms with Crippen LogP contribution in [0.4, 0.5) is 10.5 Å². The number of benzene rings is 2. The fourth-order valence-electron chi connectivity index (χ4n) is 2.82. The van der Waals surface area contributed by atoms with Crippen LogP contribution in [0.1, 0.15) is 12.5 Å². The van der Waals surface area contributed by atoms with Crippen molar-refractivity contribution in [3.05, 3.63) is 61.4 Å². The molecule has 178 valence electrons. The summed E-state index contributed by atoms with van der Waals surface area (Å²) in [7, 11) is 0. The number of thioether (sulfide) groups is 1. The van der Waals surface area contributed by atoms with Crippen LogP contribution in [0.5, 0.6) is 5.75 Å². The van der Waals surface area contributed by atoms with Gasteiger partial charge in [-0.05, 0) is 70.5 Å². The molecule has 1 aliphatic heterocycles. The second-order valence-corrected chi connectivity index (χ2v) is 9.37. The Morgan fingerprint density at radius 3 is 2.50 bits per heavy atom. The first-order chi connectivity index (χ1) is 16.2. The maximum atomic E-state index is 12.7. The highest BCUT2D eigenvalue weighted by Gasteiger charge is 2.36. The monoisotopic (exact) mass is 586 g/mol. The summed E-state index contributed by atoms with van der Waals surface area (Å²) in [5.41, 5.74) is 0.950. The predicted octanol–water partition coefficient (Wildman–Crippen LogP) is 5.37.